The predicted molar refractivity (Wildman–Crippen MR) is 147 cm³/mol. The lowest BCUT2D eigenvalue weighted by molar-refractivity contribution is -0.0289. The highest BCUT2D eigenvalue weighted by atomic mass is 35.5. The van der Waals surface area contributed by atoms with Gasteiger partial charge in [-0.1, -0.05) is 23.2 Å². The van der Waals surface area contributed by atoms with Crippen LogP contribution in [0, 0.1) is 5.41 Å². The summed E-state index contributed by atoms with van der Waals surface area (Å²) >= 11 is 12.6. The van der Waals surface area contributed by atoms with Crippen LogP contribution in [0.1, 0.15) is 32.1 Å². The van der Waals surface area contributed by atoms with Crippen LogP contribution in [0.4, 0.5) is 15.8 Å². The minimum atomic E-state index is -0.572. The topological polar surface area (TPSA) is 55.8 Å². The molecule has 1 aliphatic carbocycles. The van der Waals surface area contributed by atoms with E-state index in [0.29, 0.717) is 39.6 Å². The van der Waals surface area contributed by atoms with Gasteiger partial charge in [-0.25, -0.2) is 4.39 Å². The second kappa shape index (κ2) is 11.1. The van der Waals surface area contributed by atoms with E-state index in [1.165, 1.54) is 0 Å². The molecule has 1 saturated heterocycles. The van der Waals surface area contributed by atoms with E-state index in [1.807, 2.05) is 18.2 Å². The molecule has 0 amide bonds. The van der Waals surface area contributed by atoms with Gasteiger partial charge in [0, 0.05) is 35.9 Å². The first-order valence-electron chi connectivity index (χ1n) is 12.7. The number of rotatable bonds is 9. The van der Waals surface area contributed by atoms with Crippen LogP contribution in [0.5, 0.6) is 17.2 Å². The van der Waals surface area contributed by atoms with Crippen LogP contribution in [0.3, 0.4) is 0 Å². The van der Waals surface area contributed by atoms with Gasteiger partial charge in [0.05, 0.1) is 42.1 Å². The maximum absolute atomic E-state index is 13.3. The van der Waals surface area contributed by atoms with Crippen molar-refractivity contribution in [2.45, 2.75) is 38.3 Å². The highest BCUT2D eigenvalue weighted by Gasteiger charge is 2.45. The highest BCUT2D eigenvalue weighted by Crippen LogP contribution is 2.50. The fraction of sp³-hybridized carbons (Fsp3) is 0.464. The normalized spacial score (nSPS) is 17.5. The Labute approximate surface area is 227 Å². The molecule has 0 unspecified atom stereocenters. The molecule has 0 bridgehead atoms. The number of benzene rings is 2. The van der Waals surface area contributed by atoms with Gasteiger partial charge in [-0.05, 0) is 68.8 Å². The van der Waals surface area contributed by atoms with Gasteiger partial charge in [0.1, 0.15) is 11.9 Å². The summed E-state index contributed by atoms with van der Waals surface area (Å²) < 4.78 is 30.4. The Hall–Kier alpha value is -2.48. The average Bonchev–Trinajstić information content (AvgIpc) is 2.88. The van der Waals surface area contributed by atoms with E-state index >= 15 is 0 Å². The minimum Gasteiger partial charge on any atom is -0.495 e. The van der Waals surface area contributed by atoms with Crippen molar-refractivity contribution in [3.63, 3.8) is 0 Å². The Balaban J connectivity index is 1.23. The van der Waals surface area contributed by atoms with Crippen molar-refractivity contribution in [3.05, 3.63) is 46.6 Å². The van der Waals surface area contributed by atoms with Crippen LogP contribution in [0.25, 0.3) is 10.9 Å². The first-order chi connectivity index (χ1) is 17.9. The van der Waals surface area contributed by atoms with Gasteiger partial charge in [0.2, 0.25) is 0 Å². The number of likely N-dealkylation sites (tertiary alicyclic amines) is 1. The van der Waals surface area contributed by atoms with Crippen LogP contribution in [0.2, 0.25) is 10.0 Å². The van der Waals surface area contributed by atoms with Crippen LogP contribution < -0.4 is 19.5 Å². The number of ether oxygens (including phenoxy) is 3. The zero-order valence-electron chi connectivity index (χ0n) is 21.2. The number of halogens is 3. The number of pyridine rings is 1. The number of nitrogens with one attached hydrogen (secondary N) is 1. The summed E-state index contributed by atoms with van der Waals surface area (Å²) in [7, 11) is 3.19. The number of aromatic nitrogens is 1. The number of alkyl halides is 1. The van der Waals surface area contributed by atoms with Crippen LogP contribution in [-0.2, 0) is 0 Å². The molecule has 2 heterocycles. The quantitative estimate of drug-likeness (QED) is 0.284. The van der Waals surface area contributed by atoms with Gasteiger partial charge >= 0.3 is 0 Å². The Kier molecular flexibility index (Phi) is 7.84. The average molecular weight is 548 g/mol. The molecule has 1 aliphatic heterocycles. The molecule has 6 nitrogen and oxygen atoms in total. The van der Waals surface area contributed by atoms with Crippen LogP contribution in [-0.4, -0.2) is 56.5 Å². The summed E-state index contributed by atoms with van der Waals surface area (Å²) in [5.41, 5.74) is 2.54. The third kappa shape index (κ3) is 5.69. The first-order valence-corrected chi connectivity index (χ1v) is 13.4. The summed E-state index contributed by atoms with van der Waals surface area (Å²) in [6, 6.07) is 9.10. The molecule has 1 saturated carbocycles. The van der Waals surface area contributed by atoms with E-state index in [1.54, 1.807) is 32.5 Å². The summed E-state index contributed by atoms with van der Waals surface area (Å²) in [5, 5.41) is 5.15. The smallest absolute Gasteiger partial charge is 0.163 e. The molecule has 3 aromatic rings. The number of piperidine rings is 1. The van der Waals surface area contributed by atoms with E-state index in [-0.39, 0.29) is 5.41 Å². The second-order valence-electron chi connectivity index (χ2n) is 10.0. The second-order valence-corrected chi connectivity index (χ2v) is 10.8. The van der Waals surface area contributed by atoms with E-state index in [2.05, 4.69) is 15.2 Å². The van der Waals surface area contributed by atoms with Crippen LogP contribution >= 0.6 is 23.2 Å². The number of methoxy groups -OCH3 is 2. The molecule has 198 valence electrons. The lowest BCUT2D eigenvalue weighted by Crippen LogP contribution is -2.48. The Morgan fingerprint density at radius 1 is 1.00 bits per heavy atom. The number of anilines is 2. The molecule has 5 rings (SSSR count). The largest absolute Gasteiger partial charge is 0.495 e. The molecule has 0 radical (unpaired) electrons. The molecular weight excluding hydrogens is 516 g/mol. The summed E-state index contributed by atoms with van der Waals surface area (Å²) in [4.78, 5) is 7.00. The van der Waals surface area contributed by atoms with Gasteiger partial charge in [0.15, 0.2) is 11.5 Å². The first kappa shape index (κ1) is 26.1. The number of fused-ring (bicyclic) bond motifs is 1. The third-order valence-corrected chi connectivity index (χ3v) is 8.25. The maximum atomic E-state index is 13.3. The highest BCUT2D eigenvalue weighted by molar-refractivity contribution is 6.37. The lowest BCUT2D eigenvalue weighted by atomic mass is 9.62. The molecule has 1 spiro atoms. The van der Waals surface area contributed by atoms with Gasteiger partial charge in [-0.2, -0.15) is 0 Å². The molecule has 37 heavy (non-hydrogen) atoms. The number of nitrogens with zero attached hydrogens (tertiary/aromatic N) is 2. The van der Waals surface area contributed by atoms with Gasteiger partial charge in [-0.15, -0.1) is 0 Å². The molecule has 1 N–H and O–H groups in total. The zero-order valence-corrected chi connectivity index (χ0v) is 22.7. The standard InChI is InChI=1S/C28H32Cl2FN3O3/c1-35-25-15-24(20(29)13-21(25)30)33-22-4-7-32-23-14-27(26(36-2)12-19(22)23)37-11-3-8-34-9-5-28(6-10-34)16-18(31)17-28/h4,7,12-15,18H,3,5-6,8-11,16-17H2,1-2H3,(H,32,33). The Morgan fingerprint density at radius 3 is 2.46 bits per heavy atom. The third-order valence-electron chi connectivity index (χ3n) is 7.64. The van der Waals surface area contributed by atoms with Gasteiger partial charge < -0.3 is 24.4 Å². The molecule has 2 fully saturated rings. The van der Waals surface area contributed by atoms with Crippen molar-refractivity contribution in [2.75, 3.05) is 45.8 Å². The molecule has 9 heteroatoms. The minimum absolute atomic E-state index is 0.288. The molecule has 0 atom stereocenters. The van der Waals surface area contributed by atoms with Crippen molar-refractivity contribution >= 4 is 45.5 Å². The number of hydrogen-bond donors (Lipinski definition) is 1. The Bertz CT molecular complexity index is 1260. The lowest BCUT2D eigenvalue weighted by Gasteiger charge is -2.49. The van der Waals surface area contributed by atoms with E-state index in [0.717, 1.165) is 68.3 Å². The maximum Gasteiger partial charge on any atom is 0.163 e. The monoisotopic (exact) mass is 547 g/mol. The summed E-state index contributed by atoms with van der Waals surface area (Å²) in [5.74, 6) is 1.82. The predicted octanol–water partition coefficient (Wildman–Crippen LogP) is 7.29. The van der Waals surface area contributed by atoms with Crippen molar-refractivity contribution in [3.8, 4) is 17.2 Å². The Morgan fingerprint density at radius 2 is 1.76 bits per heavy atom. The SMILES string of the molecule is COc1cc(Nc2ccnc3cc(OCCCN4CCC5(CC4)CC(F)C5)c(OC)cc23)c(Cl)cc1Cl. The van der Waals surface area contributed by atoms with Crippen molar-refractivity contribution in [1.82, 2.24) is 9.88 Å². The fourth-order valence-corrected chi connectivity index (χ4v) is 5.98. The molecular formula is C28H32Cl2FN3O3. The summed E-state index contributed by atoms with van der Waals surface area (Å²) in [6.45, 7) is 3.65. The molecule has 2 aliphatic rings. The molecule has 1 aromatic heterocycles. The van der Waals surface area contributed by atoms with E-state index in [4.69, 9.17) is 37.4 Å². The van der Waals surface area contributed by atoms with Crippen molar-refractivity contribution in [2.24, 2.45) is 5.41 Å². The molecule has 2 aromatic carbocycles. The number of hydrogen-bond acceptors (Lipinski definition) is 6. The van der Waals surface area contributed by atoms with Gasteiger partial charge in [0.25, 0.3) is 0 Å². The van der Waals surface area contributed by atoms with E-state index in [9.17, 15) is 4.39 Å². The van der Waals surface area contributed by atoms with Crippen molar-refractivity contribution in [1.29, 1.82) is 0 Å². The summed E-state index contributed by atoms with van der Waals surface area (Å²) in [6.07, 6.45) is 5.82. The fourth-order valence-electron chi connectivity index (χ4n) is 5.47. The van der Waals surface area contributed by atoms with Gasteiger partial charge in [-0.3, -0.25) is 4.98 Å². The zero-order chi connectivity index (χ0) is 26.0. The van der Waals surface area contributed by atoms with Crippen LogP contribution in [0.15, 0.2) is 36.5 Å². The van der Waals surface area contributed by atoms with Crippen molar-refractivity contribution < 1.29 is 18.6 Å². The van der Waals surface area contributed by atoms with E-state index < -0.39 is 6.17 Å².